The Balaban J connectivity index is 2.91. The molecule has 0 spiro atoms. The molecule has 0 heterocycles. The minimum Gasteiger partial charge on any atom is -0.157 e. The van der Waals surface area contributed by atoms with Crippen LogP contribution in [0.3, 0.4) is 0 Å². The third-order valence-electron chi connectivity index (χ3n) is 0.798. The van der Waals surface area contributed by atoms with Crippen molar-refractivity contribution in [1.82, 2.24) is 0 Å². The third kappa shape index (κ3) is 8.35. The van der Waals surface area contributed by atoms with E-state index in [0.29, 0.717) is 0 Å². The highest BCUT2D eigenvalue weighted by Crippen LogP contribution is 2.16. The molecule has 0 aromatic heterocycles. The summed E-state index contributed by atoms with van der Waals surface area (Å²) >= 11 is 1.94. The molecule has 0 bridgehead atoms. The molecule has 9 heavy (non-hydrogen) atoms. The van der Waals surface area contributed by atoms with Gasteiger partial charge < -0.3 is 0 Å². The Morgan fingerprint density at radius 3 is 2.11 bits per heavy atom. The maximum atomic E-state index is 2.31. The van der Waals surface area contributed by atoms with Crippen molar-refractivity contribution in [3.63, 3.8) is 0 Å². The molecule has 0 N–H and O–H groups in total. The second-order valence-electron chi connectivity index (χ2n) is 3.11. The van der Waals surface area contributed by atoms with Crippen LogP contribution < -0.4 is 0 Å². The second-order valence-corrected chi connectivity index (χ2v) is 4.05. The normalized spacial score (nSPS) is 11.3. The Kier molecular flexibility index (Phi) is 5.36. The summed E-state index contributed by atoms with van der Waals surface area (Å²) in [5, 5.41) is 0. The van der Waals surface area contributed by atoms with Gasteiger partial charge in [-0.05, 0) is 17.6 Å². The van der Waals surface area contributed by atoms with E-state index in [1.54, 1.807) is 0 Å². The maximum absolute atomic E-state index is 2.31. The van der Waals surface area contributed by atoms with Crippen molar-refractivity contribution < 1.29 is 0 Å². The minimum atomic E-state index is 0.730. The minimum absolute atomic E-state index is 0.730. The first-order valence-electron chi connectivity index (χ1n) is 3.58. The van der Waals surface area contributed by atoms with Gasteiger partial charge in [0.2, 0.25) is 0 Å². The fourth-order valence-electron chi connectivity index (χ4n) is 0.440. The van der Waals surface area contributed by atoms with E-state index in [4.69, 9.17) is 0 Å². The Bertz CT molecular complexity index is 49.6. The number of hydrogen-bond donors (Lipinski definition) is 0. The van der Waals surface area contributed by atoms with Crippen LogP contribution in [0.15, 0.2) is 0 Å². The lowest BCUT2D eigenvalue weighted by Crippen LogP contribution is -1.92. The number of rotatable bonds is 4. The van der Waals surface area contributed by atoms with Crippen LogP contribution in [0, 0.1) is 17.6 Å². The molecule has 1 radical (unpaired) electrons. The fourth-order valence-corrected chi connectivity index (χ4v) is 1.32. The molecule has 0 unspecified atom stereocenters. The zero-order chi connectivity index (χ0) is 7.28. The zero-order valence-electron chi connectivity index (χ0n) is 6.85. The van der Waals surface area contributed by atoms with E-state index in [9.17, 15) is 0 Å². The maximum Gasteiger partial charge on any atom is 0.0192 e. The summed E-state index contributed by atoms with van der Waals surface area (Å²) in [6.45, 7) is 8.93. The van der Waals surface area contributed by atoms with E-state index in [0.717, 1.165) is 11.8 Å². The lowest BCUT2D eigenvalue weighted by Gasteiger charge is -2.05. The van der Waals surface area contributed by atoms with Crippen molar-refractivity contribution in [3.8, 4) is 0 Å². The summed E-state index contributed by atoms with van der Waals surface area (Å²) in [5.41, 5.74) is 0. The summed E-state index contributed by atoms with van der Waals surface area (Å²) in [6.07, 6.45) is 0. The van der Waals surface area contributed by atoms with Crippen LogP contribution in [0.2, 0.25) is 0 Å². The average molecular weight is 145 g/mol. The number of thioether (sulfide) groups is 1. The van der Waals surface area contributed by atoms with Crippen molar-refractivity contribution in [3.05, 3.63) is 5.75 Å². The summed E-state index contributed by atoms with van der Waals surface area (Å²) < 4.78 is 0. The highest BCUT2D eigenvalue weighted by atomic mass is 32.2. The molecular weight excluding hydrogens is 128 g/mol. The van der Waals surface area contributed by atoms with Gasteiger partial charge >= 0.3 is 0 Å². The van der Waals surface area contributed by atoms with Gasteiger partial charge in [0.1, 0.15) is 0 Å². The van der Waals surface area contributed by atoms with Gasteiger partial charge in [0.15, 0.2) is 0 Å². The van der Waals surface area contributed by atoms with Crippen molar-refractivity contribution in [2.45, 2.75) is 27.7 Å². The highest BCUT2D eigenvalue weighted by Gasteiger charge is 1.96. The first-order chi connectivity index (χ1) is 4.13. The summed E-state index contributed by atoms with van der Waals surface area (Å²) in [6, 6.07) is 0. The molecule has 0 saturated carbocycles. The Morgan fingerprint density at radius 2 is 1.78 bits per heavy atom. The van der Waals surface area contributed by atoms with Crippen LogP contribution in [-0.2, 0) is 0 Å². The molecule has 55 valence electrons. The van der Waals surface area contributed by atoms with Crippen molar-refractivity contribution in [2.75, 3.05) is 5.75 Å². The Labute approximate surface area is 63.4 Å². The molecule has 0 rings (SSSR count). The van der Waals surface area contributed by atoms with Gasteiger partial charge in [0, 0.05) is 5.75 Å². The third-order valence-corrected chi connectivity index (χ3v) is 2.39. The predicted octanol–water partition coefficient (Wildman–Crippen LogP) is 3.19. The lowest BCUT2D eigenvalue weighted by molar-refractivity contribution is 0.747. The molecule has 0 saturated heterocycles. The van der Waals surface area contributed by atoms with Gasteiger partial charge in [-0.1, -0.05) is 27.7 Å². The van der Waals surface area contributed by atoms with Gasteiger partial charge in [0.05, 0.1) is 0 Å². The van der Waals surface area contributed by atoms with E-state index in [2.05, 4.69) is 33.4 Å². The Morgan fingerprint density at radius 1 is 1.22 bits per heavy atom. The second kappa shape index (κ2) is 5.16. The van der Waals surface area contributed by atoms with Crippen LogP contribution in [-0.4, -0.2) is 5.75 Å². The van der Waals surface area contributed by atoms with Crippen molar-refractivity contribution in [1.29, 1.82) is 0 Å². The predicted molar refractivity (Wildman–Crippen MR) is 46.4 cm³/mol. The van der Waals surface area contributed by atoms with E-state index >= 15 is 0 Å². The molecule has 0 aromatic carbocycles. The van der Waals surface area contributed by atoms with E-state index in [-0.39, 0.29) is 0 Å². The molecule has 0 aliphatic heterocycles. The first-order valence-corrected chi connectivity index (χ1v) is 4.62. The average Bonchev–Trinajstić information content (AvgIpc) is 1.63. The molecule has 0 atom stereocenters. The van der Waals surface area contributed by atoms with Crippen LogP contribution >= 0.6 is 11.8 Å². The van der Waals surface area contributed by atoms with Gasteiger partial charge in [0.25, 0.3) is 0 Å². The summed E-state index contributed by atoms with van der Waals surface area (Å²) in [7, 11) is 0. The highest BCUT2D eigenvalue weighted by molar-refractivity contribution is 8.01. The molecule has 0 aliphatic rings. The van der Waals surface area contributed by atoms with E-state index in [1.807, 2.05) is 11.8 Å². The summed E-state index contributed by atoms with van der Waals surface area (Å²) in [4.78, 5) is 0. The fraction of sp³-hybridized carbons (Fsp3) is 0.875. The molecule has 0 fully saturated rings. The first kappa shape index (κ1) is 9.35. The number of hydrogen-bond acceptors (Lipinski definition) is 1. The van der Waals surface area contributed by atoms with Gasteiger partial charge in [-0.2, -0.15) is 11.8 Å². The van der Waals surface area contributed by atoms with Crippen LogP contribution in [0.25, 0.3) is 0 Å². The molecule has 0 aliphatic carbocycles. The largest absolute Gasteiger partial charge is 0.157 e. The smallest absolute Gasteiger partial charge is 0.0192 e. The van der Waals surface area contributed by atoms with Crippen LogP contribution in [0.1, 0.15) is 27.7 Å². The van der Waals surface area contributed by atoms with Crippen molar-refractivity contribution in [2.24, 2.45) is 11.8 Å². The summed E-state index contributed by atoms with van der Waals surface area (Å²) in [5.74, 6) is 5.12. The van der Waals surface area contributed by atoms with Crippen molar-refractivity contribution >= 4 is 11.8 Å². The molecule has 0 aromatic rings. The Hall–Kier alpha value is 0.350. The standard InChI is InChI=1S/C8H17S/c1-7(2)5-9-6-8(3)4/h5,7-8H,6H2,1-4H3. The molecule has 0 nitrogen and oxygen atoms in total. The quantitative estimate of drug-likeness (QED) is 0.585. The van der Waals surface area contributed by atoms with E-state index < -0.39 is 0 Å². The molecular formula is C8H17S. The lowest BCUT2D eigenvalue weighted by atomic mass is 10.3. The van der Waals surface area contributed by atoms with E-state index in [1.165, 1.54) is 5.75 Å². The monoisotopic (exact) mass is 145 g/mol. The molecule has 1 heteroatoms. The SMILES string of the molecule is CC(C)[CH]SCC(C)C. The van der Waals surface area contributed by atoms with Gasteiger partial charge in [-0.3, -0.25) is 0 Å². The topological polar surface area (TPSA) is 0 Å². The van der Waals surface area contributed by atoms with Crippen LogP contribution in [0.5, 0.6) is 0 Å². The van der Waals surface area contributed by atoms with Gasteiger partial charge in [-0.15, -0.1) is 0 Å². The van der Waals surface area contributed by atoms with Crippen LogP contribution in [0.4, 0.5) is 0 Å². The zero-order valence-corrected chi connectivity index (χ0v) is 7.66. The molecule has 0 amide bonds. The van der Waals surface area contributed by atoms with Gasteiger partial charge in [-0.25, -0.2) is 0 Å².